The molecule has 2 aromatic rings. The molecule has 2 saturated heterocycles. The minimum Gasteiger partial charge on any atom is -0.399 e. The molecule has 10 heteroatoms. The zero-order valence-electron chi connectivity index (χ0n) is 21.7. The van der Waals surface area contributed by atoms with Crippen molar-refractivity contribution < 1.29 is 18.6 Å². The summed E-state index contributed by atoms with van der Waals surface area (Å²) in [6.45, 7) is 10.1. The third-order valence-corrected chi connectivity index (χ3v) is 8.87. The highest BCUT2D eigenvalue weighted by molar-refractivity contribution is 6.62. The van der Waals surface area contributed by atoms with Crippen LogP contribution in [0, 0.1) is 15.9 Å². The molecule has 1 saturated carbocycles. The normalized spacial score (nSPS) is 26.9. The summed E-state index contributed by atoms with van der Waals surface area (Å²) in [5, 5.41) is 15.5. The summed E-state index contributed by atoms with van der Waals surface area (Å²) in [5.41, 5.74) is 0.660. The first-order valence-electron chi connectivity index (χ1n) is 13.1. The van der Waals surface area contributed by atoms with Gasteiger partial charge in [-0.3, -0.25) is 14.8 Å². The van der Waals surface area contributed by atoms with Gasteiger partial charge < -0.3 is 14.2 Å². The summed E-state index contributed by atoms with van der Waals surface area (Å²) in [6.07, 6.45) is 10.1. The fourth-order valence-electron chi connectivity index (χ4n) is 5.88. The van der Waals surface area contributed by atoms with Crippen molar-refractivity contribution in [1.29, 1.82) is 0 Å². The molecule has 3 fully saturated rings. The maximum atomic E-state index is 14.5. The van der Waals surface area contributed by atoms with E-state index < -0.39 is 10.7 Å². The Bertz CT molecular complexity index is 1090. The van der Waals surface area contributed by atoms with E-state index in [1.807, 2.05) is 6.20 Å². The van der Waals surface area contributed by atoms with Gasteiger partial charge in [-0.15, -0.1) is 0 Å². The second kappa shape index (κ2) is 9.54. The van der Waals surface area contributed by atoms with Gasteiger partial charge in [0, 0.05) is 30.0 Å². The monoisotopic (exact) mass is 498 g/mol. The lowest BCUT2D eigenvalue weighted by atomic mass is 9.81. The summed E-state index contributed by atoms with van der Waals surface area (Å²) in [5.74, 6) is -0.335. The van der Waals surface area contributed by atoms with Crippen LogP contribution in [-0.2, 0) is 9.31 Å². The second-order valence-electron chi connectivity index (χ2n) is 11.6. The zero-order chi connectivity index (χ0) is 25.7. The molecule has 194 valence electrons. The van der Waals surface area contributed by atoms with E-state index in [-0.39, 0.29) is 29.9 Å². The molecule has 1 aromatic heterocycles. The molecule has 3 heterocycles. The Morgan fingerprint density at radius 1 is 1.03 bits per heavy atom. The number of likely N-dealkylation sites (tertiary alicyclic amines) is 1. The standard InChI is InChI=1S/C26H36BFN4O4/c1-25(2)26(3,4)36-27(35-25)19-16-29-31(17-19)21-7-5-20(6-8-21)30-13-11-18(12-14-30)23-10-9-22(32(33)34)15-24(23)28/h9-10,15-18,20-21H,5-8,11-14H2,1-4H3/t20-,21-. The Hall–Kier alpha value is -2.30. The minimum absolute atomic E-state index is 0.121. The van der Waals surface area contributed by atoms with Gasteiger partial charge >= 0.3 is 7.12 Å². The number of nitro benzene ring substituents is 1. The number of halogens is 1. The first kappa shape index (κ1) is 25.4. The lowest BCUT2D eigenvalue weighted by molar-refractivity contribution is -0.385. The van der Waals surface area contributed by atoms with E-state index in [4.69, 9.17) is 9.31 Å². The lowest BCUT2D eigenvalue weighted by Crippen LogP contribution is -2.43. The van der Waals surface area contributed by atoms with Crippen molar-refractivity contribution >= 4 is 18.3 Å². The van der Waals surface area contributed by atoms with Crippen molar-refractivity contribution in [2.24, 2.45) is 0 Å². The molecule has 1 aliphatic carbocycles. The second-order valence-corrected chi connectivity index (χ2v) is 11.6. The van der Waals surface area contributed by atoms with E-state index in [1.54, 1.807) is 6.07 Å². The van der Waals surface area contributed by atoms with Gasteiger partial charge in [-0.2, -0.15) is 5.10 Å². The van der Waals surface area contributed by atoms with Crippen LogP contribution in [0.5, 0.6) is 0 Å². The third kappa shape index (κ3) is 4.83. The summed E-state index contributed by atoms with van der Waals surface area (Å²) in [7, 11) is -0.387. The highest BCUT2D eigenvalue weighted by atomic mass is 19.1. The van der Waals surface area contributed by atoms with Gasteiger partial charge in [-0.1, -0.05) is 0 Å². The van der Waals surface area contributed by atoms with Gasteiger partial charge in [-0.25, -0.2) is 4.39 Å². The predicted octanol–water partition coefficient (Wildman–Crippen LogP) is 4.59. The molecular weight excluding hydrogens is 462 g/mol. The number of non-ortho nitro benzene ring substituents is 1. The first-order chi connectivity index (χ1) is 17.0. The van der Waals surface area contributed by atoms with E-state index in [9.17, 15) is 14.5 Å². The van der Waals surface area contributed by atoms with Gasteiger partial charge in [0.25, 0.3) is 5.69 Å². The summed E-state index contributed by atoms with van der Waals surface area (Å²) in [4.78, 5) is 12.9. The van der Waals surface area contributed by atoms with Gasteiger partial charge in [0.1, 0.15) is 5.82 Å². The highest BCUT2D eigenvalue weighted by Crippen LogP contribution is 2.38. The zero-order valence-corrected chi connectivity index (χ0v) is 21.7. The van der Waals surface area contributed by atoms with Crippen LogP contribution in [0.2, 0.25) is 0 Å². The van der Waals surface area contributed by atoms with E-state index in [0.717, 1.165) is 63.1 Å². The average molecular weight is 498 g/mol. The van der Waals surface area contributed by atoms with Crippen molar-refractivity contribution in [1.82, 2.24) is 14.7 Å². The highest BCUT2D eigenvalue weighted by Gasteiger charge is 2.52. The van der Waals surface area contributed by atoms with Gasteiger partial charge in [0.15, 0.2) is 0 Å². The fourth-order valence-corrected chi connectivity index (χ4v) is 5.88. The molecule has 0 radical (unpaired) electrons. The van der Waals surface area contributed by atoms with E-state index in [0.29, 0.717) is 17.6 Å². The van der Waals surface area contributed by atoms with Crippen molar-refractivity contribution in [2.75, 3.05) is 13.1 Å². The molecule has 0 spiro atoms. The van der Waals surface area contributed by atoms with Crippen LogP contribution in [-0.4, -0.2) is 57.1 Å². The number of piperidine rings is 1. The molecule has 8 nitrogen and oxygen atoms in total. The lowest BCUT2D eigenvalue weighted by Gasteiger charge is -2.41. The van der Waals surface area contributed by atoms with Crippen LogP contribution < -0.4 is 5.46 Å². The van der Waals surface area contributed by atoms with Crippen LogP contribution in [0.25, 0.3) is 0 Å². The van der Waals surface area contributed by atoms with E-state index >= 15 is 0 Å². The van der Waals surface area contributed by atoms with E-state index in [1.165, 1.54) is 6.07 Å². The largest absolute Gasteiger partial charge is 0.498 e. The molecule has 0 atom stereocenters. The van der Waals surface area contributed by atoms with Crippen LogP contribution in [0.4, 0.5) is 10.1 Å². The third-order valence-electron chi connectivity index (χ3n) is 8.87. The number of hydrogen-bond donors (Lipinski definition) is 0. The Labute approximate surface area is 212 Å². The SMILES string of the molecule is CC1(C)OB(c2cnn([C@H]3CC[C@H](N4CCC(c5ccc([N+](=O)[O-])cc5F)CC4)CC3)c2)OC1(C)C. The number of nitro groups is 1. The predicted molar refractivity (Wildman–Crippen MR) is 136 cm³/mol. The quantitative estimate of drug-likeness (QED) is 0.341. The minimum atomic E-state index is -0.548. The van der Waals surface area contributed by atoms with Crippen molar-refractivity contribution in [3.05, 3.63) is 52.1 Å². The van der Waals surface area contributed by atoms with Crippen LogP contribution in [0.3, 0.4) is 0 Å². The number of rotatable bonds is 5. The van der Waals surface area contributed by atoms with Crippen molar-refractivity contribution in [3.63, 3.8) is 0 Å². The van der Waals surface area contributed by atoms with Crippen molar-refractivity contribution in [2.45, 2.75) is 95.4 Å². The fraction of sp³-hybridized carbons (Fsp3) is 0.654. The van der Waals surface area contributed by atoms with Crippen molar-refractivity contribution in [3.8, 4) is 0 Å². The molecule has 0 unspecified atom stereocenters. The Balaban J connectivity index is 1.12. The Morgan fingerprint density at radius 2 is 1.64 bits per heavy atom. The number of nitrogens with zero attached hydrogens (tertiary/aromatic N) is 4. The molecule has 2 aliphatic heterocycles. The summed E-state index contributed by atoms with van der Waals surface area (Å²) >= 11 is 0. The maximum absolute atomic E-state index is 14.5. The Kier molecular flexibility index (Phi) is 6.72. The number of aromatic nitrogens is 2. The Morgan fingerprint density at radius 3 is 2.22 bits per heavy atom. The van der Waals surface area contributed by atoms with Gasteiger partial charge in [0.2, 0.25) is 0 Å². The molecule has 1 aromatic carbocycles. The number of hydrogen-bond acceptors (Lipinski definition) is 6. The average Bonchev–Trinajstić information content (AvgIpc) is 3.41. The molecule has 0 amide bonds. The molecule has 36 heavy (non-hydrogen) atoms. The van der Waals surface area contributed by atoms with Crippen LogP contribution in [0.1, 0.15) is 83.7 Å². The maximum Gasteiger partial charge on any atom is 0.498 e. The van der Waals surface area contributed by atoms with Crippen LogP contribution in [0.15, 0.2) is 30.6 Å². The molecule has 5 rings (SSSR count). The molecule has 0 bridgehead atoms. The number of benzene rings is 1. The summed E-state index contributed by atoms with van der Waals surface area (Å²) < 4.78 is 28.9. The molecular formula is C26H36BFN4O4. The molecule has 3 aliphatic rings. The van der Waals surface area contributed by atoms with Gasteiger partial charge in [-0.05, 0) is 96.9 Å². The topological polar surface area (TPSA) is 82.7 Å². The van der Waals surface area contributed by atoms with E-state index in [2.05, 4.69) is 48.6 Å². The first-order valence-corrected chi connectivity index (χ1v) is 13.1. The summed E-state index contributed by atoms with van der Waals surface area (Å²) in [6, 6.07) is 4.99. The van der Waals surface area contributed by atoms with Crippen LogP contribution >= 0.6 is 0 Å². The van der Waals surface area contributed by atoms with Gasteiger partial charge in [0.05, 0.1) is 28.2 Å². The molecule has 0 N–H and O–H groups in total. The smallest absolute Gasteiger partial charge is 0.399 e.